The Morgan fingerprint density at radius 2 is 1.83 bits per heavy atom. The summed E-state index contributed by atoms with van der Waals surface area (Å²) >= 11 is 0. The van der Waals surface area contributed by atoms with Crippen LogP contribution in [-0.4, -0.2) is 31.4 Å². The Morgan fingerprint density at radius 1 is 1.03 bits per heavy atom. The molecule has 4 rings (SSSR count). The van der Waals surface area contributed by atoms with Crippen molar-refractivity contribution in [2.45, 2.75) is 44.9 Å². The van der Waals surface area contributed by atoms with E-state index < -0.39 is 5.97 Å². The minimum atomic E-state index is -0.744. The zero-order chi connectivity index (χ0) is 20.4. The van der Waals surface area contributed by atoms with E-state index >= 15 is 0 Å². The first kappa shape index (κ1) is 19.0. The van der Waals surface area contributed by atoms with Gasteiger partial charge in [0.25, 0.3) is 5.56 Å². The molecule has 148 valence electrons. The summed E-state index contributed by atoms with van der Waals surface area (Å²) < 4.78 is 1.38. The number of carbonyl (C=O) groups is 2. The number of carboxylic acids is 1. The molecule has 0 saturated carbocycles. The fourth-order valence-corrected chi connectivity index (χ4v) is 3.77. The van der Waals surface area contributed by atoms with Crippen molar-refractivity contribution in [3.05, 3.63) is 63.8 Å². The van der Waals surface area contributed by atoms with Crippen molar-refractivity contribution in [2.75, 3.05) is 0 Å². The Kier molecular flexibility index (Phi) is 5.20. The zero-order valence-electron chi connectivity index (χ0n) is 15.9. The molecule has 1 N–H and O–H groups in total. The topological polar surface area (TPSA) is 102 Å². The molecule has 0 saturated heterocycles. The number of ketones is 1. The third-order valence-corrected chi connectivity index (χ3v) is 5.25. The van der Waals surface area contributed by atoms with Crippen LogP contribution < -0.4 is 5.56 Å². The molecule has 1 aliphatic heterocycles. The van der Waals surface area contributed by atoms with Gasteiger partial charge in [0, 0.05) is 12.6 Å². The molecule has 1 aromatic carbocycles. The van der Waals surface area contributed by atoms with Crippen molar-refractivity contribution in [2.24, 2.45) is 0 Å². The standard InChI is InChI=1S/C22H21N3O4/c26-18(27)9-5-3-1-2-4-7-14-10-11-17-16(13-14)19(28)21-24-20-15(8-6-12-23-20)22(29)25(17)21/h6,8,10-13H,1-5,7,9H2,(H,26,27). The van der Waals surface area contributed by atoms with Gasteiger partial charge in [0.2, 0.25) is 5.78 Å². The molecule has 0 bridgehead atoms. The quantitative estimate of drug-likeness (QED) is 0.463. The molecular weight excluding hydrogens is 370 g/mol. The van der Waals surface area contributed by atoms with E-state index in [1.165, 1.54) is 4.57 Å². The van der Waals surface area contributed by atoms with E-state index in [-0.39, 0.29) is 29.2 Å². The number of hydrogen-bond donors (Lipinski definition) is 1. The maximum atomic E-state index is 12.8. The molecule has 1 aliphatic rings. The fourth-order valence-electron chi connectivity index (χ4n) is 3.77. The summed E-state index contributed by atoms with van der Waals surface area (Å²) in [5.74, 6) is -0.877. The van der Waals surface area contributed by atoms with Gasteiger partial charge >= 0.3 is 5.97 Å². The van der Waals surface area contributed by atoms with Gasteiger partial charge in [-0.1, -0.05) is 25.3 Å². The lowest BCUT2D eigenvalue weighted by Crippen LogP contribution is -2.21. The average Bonchev–Trinajstić information content (AvgIpc) is 2.99. The predicted octanol–water partition coefficient (Wildman–Crippen LogP) is 3.29. The maximum Gasteiger partial charge on any atom is 0.303 e. The zero-order valence-corrected chi connectivity index (χ0v) is 15.9. The van der Waals surface area contributed by atoms with Crippen LogP contribution in [0.3, 0.4) is 0 Å². The summed E-state index contributed by atoms with van der Waals surface area (Å²) in [6.45, 7) is 0. The van der Waals surface area contributed by atoms with Gasteiger partial charge in [0.15, 0.2) is 11.5 Å². The van der Waals surface area contributed by atoms with Crippen LogP contribution in [0.1, 0.15) is 60.3 Å². The Labute approximate surface area is 167 Å². The number of carboxylic acid groups (broad SMARTS) is 1. The van der Waals surface area contributed by atoms with E-state index in [1.54, 1.807) is 18.3 Å². The first-order chi connectivity index (χ1) is 14.1. The monoisotopic (exact) mass is 391 g/mol. The van der Waals surface area contributed by atoms with Gasteiger partial charge in [-0.15, -0.1) is 0 Å². The van der Waals surface area contributed by atoms with Gasteiger partial charge < -0.3 is 5.11 Å². The van der Waals surface area contributed by atoms with Gasteiger partial charge in [-0.05, 0) is 49.1 Å². The van der Waals surface area contributed by atoms with Crippen LogP contribution in [0.2, 0.25) is 0 Å². The van der Waals surface area contributed by atoms with Crippen LogP contribution in [0.25, 0.3) is 16.7 Å². The highest BCUT2D eigenvalue weighted by atomic mass is 16.4. The molecule has 7 heteroatoms. The second kappa shape index (κ2) is 7.95. The Balaban J connectivity index is 1.48. The van der Waals surface area contributed by atoms with Crippen LogP contribution in [0.5, 0.6) is 0 Å². The molecular formula is C22H21N3O4. The van der Waals surface area contributed by atoms with Crippen LogP contribution in [-0.2, 0) is 11.2 Å². The lowest BCUT2D eigenvalue weighted by Gasteiger charge is -2.06. The van der Waals surface area contributed by atoms with E-state index in [9.17, 15) is 14.4 Å². The molecule has 0 spiro atoms. The number of carbonyl (C=O) groups excluding carboxylic acids is 1. The molecule has 0 aliphatic carbocycles. The molecule has 7 nitrogen and oxygen atoms in total. The number of unbranched alkanes of at least 4 members (excludes halogenated alkanes) is 4. The fraction of sp³-hybridized carbons (Fsp3) is 0.318. The highest BCUT2D eigenvalue weighted by Gasteiger charge is 2.30. The molecule has 2 aromatic heterocycles. The minimum Gasteiger partial charge on any atom is -0.481 e. The van der Waals surface area contributed by atoms with Crippen molar-refractivity contribution in [3.63, 3.8) is 0 Å². The number of rotatable bonds is 8. The molecule has 29 heavy (non-hydrogen) atoms. The van der Waals surface area contributed by atoms with Gasteiger partial charge in [-0.3, -0.25) is 19.0 Å². The Hall–Kier alpha value is -3.35. The normalized spacial score (nSPS) is 12.2. The molecule has 0 atom stereocenters. The summed E-state index contributed by atoms with van der Waals surface area (Å²) in [6, 6.07) is 8.97. The largest absolute Gasteiger partial charge is 0.481 e. The van der Waals surface area contributed by atoms with Crippen LogP contribution in [0.4, 0.5) is 0 Å². The first-order valence-corrected chi connectivity index (χ1v) is 9.84. The molecule has 0 amide bonds. The number of pyridine rings is 1. The number of aryl methyl sites for hydroxylation is 1. The number of nitrogens with zero attached hydrogens (tertiary/aromatic N) is 3. The number of hydrogen-bond acceptors (Lipinski definition) is 5. The van der Waals surface area contributed by atoms with Crippen molar-refractivity contribution in [1.29, 1.82) is 0 Å². The van der Waals surface area contributed by atoms with Crippen molar-refractivity contribution in [1.82, 2.24) is 14.5 Å². The van der Waals surface area contributed by atoms with E-state index in [2.05, 4.69) is 9.97 Å². The average molecular weight is 391 g/mol. The summed E-state index contributed by atoms with van der Waals surface area (Å²) in [5.41, 5.74) is 2.13. The number of aromatic nitrogens is 3. The summed E-state index contributed by atoms with van der Waals surface area (Å²) in [7, 11) is 0. The van der Waals surface area contributed by atoms with Crippen LogP contribution in [0, 0.1) is 0 Å². The SMILES string of the molecule is O=C(O)CCCCCCCc1ccc2c(c1)C(=O)c1nc3ncccc3c(=O)n1-2. The third-order valence-electron chi connectivity index (χ3n) is 5.25. The number of fused-ring (bicyclic) bond motifs is 4. The van der Waals surface area contributed by atoms with Gasteiger partial charge in [0.1, 0.15) is 0 Å². The molecule has 0 fully saturated rings. The van der Waals surface area contributed by atoms with Crippen molar-refractivity contribution in [3.8, 4) is 5.69 Å². The second-order valence-electron chi connectivity index (χ2n) is 7.29. The number of benzene rings is 1. The lowest BCUT2D eigenvalue weighted by molar-refractivity contribution is -0.137. The summed E-state index contributed by atoms with van der Waals surface area (Å²) in [6.07, 6.45) is 7.24. The number of aliphatic carboxylic acids is 1. The van der Waals surface area contributed by atoms with Crippen LogP contribution in [0.15, 0.2) is 41.3 Å². The van der Waals surface area contributed by atoms with Crippen molar-refractivity contribution < 1.29 is 14.7 Å². The predicted molar refractivity (Wildman–Crippen MR) is 108 cm³/mol. The molecule has 0 radical (unpaired) electrons. The second-order valence-corrected chi connectivity index (χ2v) is 7.29. The molecule has 3 heterocycles. The van der Waals surface area contributed by atoms with E-state index in [0.29, 0.717) is 23.1 Å². The lowest BCUT2D eigenvalue weighted by atomic mass is 10.0. The highest BCUT2D eigenvalue weighted by Crippen LogP contribution is 2.27. The Bertz CT molecular complexity index is 1170. The maximum absolute atomic E-state index is 12.8. The van der Waals surface area contributed by atoms with Gasteiger partial charge in [-0.2, -0.15) is 0 Å². The van der Waals surface area contributed by atoms with E-state index in [4.69, 9.17) is 5.11 Å². The van der Waals surface area contributed by atoms with Gasteiger partial charge in [-0.25, -0.2) is 9.97 Å². The van der Waals surface area contributed by atoms with Crippen molar-refractivity contribution >= 4 is 22.8 Å². The summed E-state index contributed by atoms with van der Waals surface area (Å²) in [4.78, 5) is 44.6. The molecule has 0 unspecified atom stereocenters. The Morgan fingerprint density at radius 3 is 2.66 bits per heavy atom. The summed E-state index contributed by atoms with van der Waals surface area (Å²) in [5, 5.41) is 9.04. The highest BCUT2D eigenvalue weighted by molar-refractivity contribution is 6.13. The molecule has 3 aromatic rings. The smallest absolute Gasteiger partial charge is 0.303 e. The van der Waals surface area contributed by atoms with E-state index in [1.807, 2.05) is 18.2 Å². The van der Waals surface area contributed by atoms with E-state index in [0.717, 1.165) is 37.7 Å². The minimum absolute atomic E-state index is 0.117. The first-order valence-electron chi connectivity index (χ1n) is 9.84. The third kappa shape index (κ3) is 3.68. The van der Waals surface area contributed by atoms with Gasteiger partial charge in [0.05, 0.1) is 16.6 Å². The van der Waals surface area contributed by atoms with Crippen LogP contribution >= 0.6 is 0 Å².